The van der Waals surface area contributed by atoms with Crippen LogP contribution in [0.4, 0.5) is 10.5 Å². The van der Waals surface area contributed by atoms with Gasteiger partial charge in [0.2, 0.25) is 0 Å². The monoisotopic (exact) mass is 397 g/mol. The summed E-state index contributed by atoms with van der Waals surface area (Å²) in [5.74, 6) is -0.480. The topological polar surface area (TPSA) is 93.9 Å². The largest absolute Gasteiger partial charge is 0.462 e. The Hall–Kier alpha value is -1.99. The van der Waals surface area contributed by atoms with Crippen molar-refractivity contribution in [3.63, 3.8) is 0 Å². The van der Waals surface area contributed by atoms with E-state index < -0.39 is 17.7 Å². The average Bonchev–Trinajstić information content (AvgIpc) is 2.95. The number of nitrogens with zero attached hydrogens (tertiary/aromatic N) is 1. The summed E-state index contributed by atoms with van der Waals surface area (Å²) in [6.45, 7) is 9.60. The molecule has 2 rings (SSSR count). The molecule has 0 bridgehead atoms. The van der Waals surface area contributed by atoms with E-state index in [-0.39, 0.29) is 18.2 Å². The smallest absolute Gasteiger partial charge is 0.407 e. The first-order valence-electron chi connectivity index (χ1n) is 9.06. The van der Waals surface area contributed by atoms with Crippen molar-refractivity contribution in [2.24, 2.45) is 0 Å². The van der Waals surface area contributed by atoms with E-state index >= 15 is 0 Å². The number of likely N-dealkylation sites (tertiary alicyclic amines) is 1. The molecule has 1 atom stereocenters. The molecule has 1 aromatic rings. The minimum atomic E-state index is -0.520. The molecule has 0 spiro atoms. The maximum atomic E-state index is 11.9. The molecular formula is C19H28ClN3O4. The first-order valence-corrected chi connectivity index (χ1v) is 9.43. The highest BCUT2D eigenvalue weighted by Gasteiger charge is 2.27. The molecule has 27 heavy (non-hydrogen) atoms. The number of amides is 1. The molecule has 150 valence electrons. The van der Waals surface area contributed by atoms with E-state index in [1.807, 2.05) is 20.8 Å². The molecule has 1 aliphatic heterocycles. The Balaban J connectivity index is 1.95. The number of nitrogens with two attached hydrogens (primary N) is 1. The number of nitrogen functional groups attached to an aromatic ring is 1. The lowest BCUT2D eigenvalue weighted by Crippen LogP contribution is -2.40. The minimum absolute atomic E-state index is 0.0229. The molecule has 0 aromatic heterocycles. The zero-order valence-corrected chi connectivity index (χ0v) is 17.1. The van der Waals surface area contributed by atoms with Crippen molar-refractivity contribution in [3.05, 3.63) is 28.3 Å². The summed E-state index contributed by atoms with van der Waals surface area (Å²) in [5.41, 5.74) is 6.93. The first kappa shape index (κ1) is 21.3. The molecule has 1 heterocycles. The van der Waals surface area contributed by atoms with E-state index in [4.69, 9.17) is 26.8 Å². The zero-order valence-electron chi connectivity index (χ0n) is 16.3. The lowest BCUT2D eigenvalue weighted by atomic mass is 10.1. The lowest BCUT2D eigenvalue weighted by molar-refractivity contribution is 0.0501. The number of ether oxygens (including phenoxy) is 2. The van der Waals surface area contributed by atoms with E-state index in [9.17, 15) is 9.59 Å². The van der Waals surface area contributed by atoms with Crippen LogP contribution >= 0.6 is 11.6 Å². The Morgan fingerprint density at radius 2 is 2.07 bits per heavy atom. The van der Waals surface area contributed by atoms with Gasteiger partial charge in [0.15, 0.2) is 0 Å². The van der Waals surface area contributed by atoms with Crippen molar-refractivity contribution in [1.82, 2.24) is 10.2 Å². The number of carbonyl (C=O) groups is 2. The van der Waals surface area contributed by atoms with Gasteiger partial charge in [0.25, 0.3) is 0 Å². The van der Waals surface area contributed by atoms with E-state index in [1.54, 1.807) is 19.1 Å². The standard InChI is InChI=1S/C19H28ClN3O4/c1-5-26-17(24)14-9-15(20)12(8-16(14)21)10-23-7-6-13(11-23)22-18(25)27-19(2,3)4/h8-9,13H,5-7,10-11,21H2,1-4H3,(H,22,25)/t13-/m1/s1. The average molecular weight is 398 g/mol. The van der Waals surface area contributed by atoms with Crippen molar-refractivity contribution >= 4 is 29.4 Å². The Morgan fingerprint density at radius 1 is 1.37 bits per heavy atom. The zero-order chi connectivity index (χ0) is 20.2. The highest BCUT2D eigenvalue weighted by atomic mass is 35.5. The fourth-order valence-electron chi connectivity index (χ4n) is 2.95. The van der Waals surface area contributed by atoms with Crippen molar-refractivity contribution in [2.75, 3.05) is 25.4 Å². The number of carbonyl (C=O) groups excluding carboxylic acids is 2. The van der Waals surface area contributed by atoms with Gasteiger partial charge >= 0.3 is 12.1 Å². The van der Waals surface area contributed by atoms with E-state index in [2.05, 4.69) is 10.2 Å². The SMILES string of the molecule is CCOC(=O)c1cc(Cl)c(CN2CC[C@@H](NC(=O)OC(C)(C)C)C2)cc1N. The summed E-state index contributed by atoms with van der Waals surface area (Å²) >= 11 is 6.34. The van der Waals surface area contributed by atoms with Crippen LogP contribution in [0.1, 0.15) is 50.0 Å². The molecule has 7 nitrogen and oxygen atoms in total. The van der Waals surface area contributed by atoms with E-state index in [0.717, 1.165) is 18.5 Å². The fourth-order valence-corrected chi connectivity index (χ4v) is 3.18. The van der Waals surface area contributed by atoms with Crippen molar-refractivity contribution < 1.29 is 19.1 Å². The van der Waals surface area contributed by atoms with Crippen LogP contribution in [0.5, 0.6) is 0 Å². The van der Waals surface area contributed by atoms with Crippen molar-refractivity contribution in [3.8, 4) is 0 Å². The number of halogens is 1. The molecule has 1 fully saturated rings. The molecule has 1 aromatic carbocycles. The van der Waals surface area contributed by atoms with Crippen LogP contribution in [0.2, 0.25) is 5.02 Å². The molecule has 0 aliphatic carbocycles. The van der Waals surface area contributed by atoms with Gasteiger partial charge in [0, 0.05) is 36.4 Å². The second-order valence-corrected chi connectivity index (χ2v) is 8.03. The Bertz CT molecular complexity index is 703. The normalized spacial score (nSPS) is 17.6. The van der Waals surface area contributed by atoms with Crippen LogP contribution in [-0.2, 0) is 16.0 Å². The molecule has 3 N–H and O–H groups in total. The molecule has 0 unspecified atom stereocenters. The maximum absolute atomic E-state index is 11.9. The third kappa shape index (κ3) is 6.29. The van der Waals surface area contributed by atoms with Gasteiger partial charge < -0.3 is 20.5 Å². The number of hydrogen-bond acceptors (Lipinski definition) is 6. The summed E-state index contributed by atoms with van der Waals surface area (Å²) in [6.07, 6.45) is 0.420. The van der Waals surface area contributed by atoms with Crippen molar-refractivity contribution in [1.29, 1.82) is 0 Å². The van der Waals surface area contributed by atoms with E-state index in [1.165, 1.54) is 0 Å². The number of nitrogens with one attached hydrogen (secondary N) is 1. The number of benzene rings is 1. The van der Waals surface area contributed by atoms with E-state index in [0.29, 0.717) is 23.8 Å². The van der Waals surface area contributed by atoms with Crippen LogP contribution in [0.25, 0.3) is 0 Å². The quantitative estimate of drug-likeness (QED) is 0.585. The highest BCUT2D eigenvalue weighted by molar-refractivity contribution is 6.32. The number of rotatable bonds is 5. The first-order chi connectivity index (χ1) is 12.6. The Labute approximate surface area is 165 Å². The van der Waals surface area contributed by atoms with Gasteiger partial charge in [-0.2, -0.15) is 0 Å². The summed E-state index contributed by atoms with van der Waals surface area (Å²) < 4.78 is 10.3. The third-order valence-corrected chi connectivity index (χ3v) is 4.45. The van der Waals surface area contributed by atoms with Gasteiger partial charge in [-0.1, -0.05) is 11.6 Å². The van der Waals surface area contributed by atoms with Gasteiger partial charge in [-0.05, 0) is 51.8 Å². The fraction of sp³-hybridized carbons (Fsp3) is 0.579. The second kappa shape index (κ2) is 8.80. The third-order valence-electron chi connectivity index (χ3n) is 4.10. The van der Waals surface area contributed by atoms with Crippen LogP contribution < -0.4 is 11.1 Å². The Kier molecular flexibility index (Phi) is 6.95. The predicted molar refractivity (Wildman–Crippen MR) is 105 cm³/mol. The summed E-state index contributed by atoms with van der Waals surface area (Å²) in [5, 5.41) is 3.36. The van der Waals surface area contributed by atoms with Crippen LogP contribution in [-0.4, -0.2) is 48.3 Å². The van der Waals surface area contributed by atoms with Crippen LogP contribution in [0, 0.1) is 0 Å². The van der Waals surface area contributed by atoms with Gasteiger partial charge in [-0.15, -0.1) is 0 Å². The maximum Gasteiger partial charge on any atom is 0.407 e. The van der Waals surface area contributed by atoms with Gasteiger partial charge in [-0.25, -0.2) is 9.59 Å². The van der Waals surface area contributed by atoms with Crippen molar-refractivity contribution in [2.45, 2.75) is 52.3 Å². The number of anilines is 1. The molecule has 1 aliphatic rings. The number of alkyl carbamates (subject to hydrolysis) is 1. The molecule has 0 saturated carbocycles. The molecule has 8 heteroatoms. The predicted octanol–water partition coefficient (Wildman–Crippen LogP) is 3.20. The summed E-state index contributed by atoms with van der Waals surface area (Å²) in [6, 6.07) is 3.29. The van der Waals surface area contributed by atoms with Gasteiger partial charge in [0.05, 0.1) is 12.2 Å². The van der Waals surface area contributed by atoms with Crippen LogP contribution in [0.3, 0.4) is 0 Å². The van der Waals surface area contributed by atoms with Crippen LogP contribution in [0.15, 0.2) is 12.1 Å². The molecular weight excluding hydrogens is 370 g/mol. The minimum Gasteiger partial charge on any atom is -0.462 e. The molecule has 0 radical (unpaired) electrons. The Morgan fingerprint density at radius 3 is 2.70 bits per heavy atom. The molecule has 1 amide bonds. The number of esters is 1. The summed E-state index contributed by atoms with van der Waals surface area (Å²) in [7, 11) is 0. The highest BCUT2D eigenvalue weighted by Crippen LogP contribution is 2.26. The van der Waals surface area contributed by atoms with Gasteiger partial charge in [0.1, 0.15) is 5.60 Å². The lowest BCUT2D eigenvalue weighted by Gasteiger charge is -2.22. The number of hydrogen-bond donors (Lipinski definition) is 2. The van der Waals surface area contributed by atoms with Gasteiger partial charge in [-0.3, -0.25) is 4.90 Å². The second-order valence-electron chi connectivity index (χ2n) is 7.62. The summed E-state index contributed by atoms with van der Waals surface area (Å²) in [4.78, 5) is 26.0. The molecule has 1 saturated heterocycles.